The van der Waals surface area contributed by atoms with Gasteiger partial charge >= 0.3 is 0 Å². The Hall–Kier alpha value is -3.69. The second-order valence-corrected chi connectivity index (χ2v) is 11.6. The second kappa shape index (κ2) is 12.0. The molecule has 0 aliphatic carbocycles. The maximum absolute atomic E-state index is 12.6. The number of amides is 3. The normalized spacial score (nSPS) is 11.1. The third kappa shape index (κ3) is 7.25. The standard InChI is InChI=1S/C30H27Br2N3O4/c1-30(2,3)21-9-4-18(5-10-21)28(37)33-23-12-6-19(7-13-23)29(38)35-34-26(36)17-39-25-15-8-20-16-22(31)11-14-24(20)27(25)32/h4-16H,17H2,1-3H3,(H,33,37)(H,34,36)(H,35,38). The number of fused-ring (bicyclic) bond motifs is 1. The molecular weight excluding hydrogens is 626 g/mol. The van der Waals surface area contributed by atoms with E-state index in [1.807, 2.05) is 36.4 Å². The summed E-state index contributed by atoms with van der Waals surface area (Å²) in [7, 11) is 0. The lowest BCUT2D eigenvalue weighted by molar-refractivity contribution is -0.123. The van der Waals surface area contributed by atoms with Gasteiger partial charge in [0, 0.05) is 21.3 Å². The van der Waals surface area contributed by atoms with E-state index in [2.05, 4.69) is 68.8 Å². The summed E-state index contributed by atoms with van der Waals surface area (Å²) in [6.45, 7) is 6.06. The van der Waals surface area contributed by atoms with Crippen molar-refractivity contribution in [3.05, 3.63) is 104 Å². The molecular formula is C30H27Br2N3O4. The van der Waals surface area contributed by atoms with Crippen LogP contribution in [0.1, 0.15) is 47.1 Å². The van der Waals surface area contributed by atoms with Crippen LogP contribution in [0, 0.1) is 0 Å². The Morgan fingerprint density at radius 1 is 0.769 bits per heavy atom. The molecule has 4 aromatic rings. The average Bonchev–Trinajstić information content (AvgIpc) is 2.91. The van der Waals surface area contributed by atoms with E-state index < -0.39 is 11.8 Å². The third-order valence-corrected chi connectivity index (χ3v) is 7.28. The molecule has 7 nitrogen and oxygen atoms in total. The minimum atomic E-state index is -0.521. The summed E-state index contributed by atoms with van der Waals surface area (Å²) >= 11 is 6.97. The zero-order valence-electron chi connectivity index (χ0n) is 21.6. The highest BCUT2D eigenvalue weighted by molar-refractivity contribution is 9.11. The first kappa shape index (κ1) is 28.3. The van der Waals surface area contributed by atoms with Gasteiger partial charge < -0.3 is 10.1 Å². The van der Waals surface area contributed by atoms with E-state index in [9.17, 15) is 14.4 Å². The molecule has 0 radical (unpaired) electrons. The molecule has 3 N–H and O–H groups in total. The number of nitrogens with one attached hydrogen (secondary N) is 3. The molecule has 0 aromatic heterocycles. The van der Waals surface area contributed by atoms with Crippen molar-refractivity contribution in [1.82, 2.24) is 10.9 Å². The van der Waals surface area contributed by atoms with E-state index in [1.54, 1.807) is 42.5 Å². The molecule has 0 saturated carbocycles. The van der Waals surface area contributed by atoms with Crippen LogP contribution >= 0.6 is 31.9 Å². The molecule has 0 bridgehead atoms. The largest absolute Gasteiger partial charge is 0.483 e. The topological polar surface area (TPSA) is 96.5 Å². The Morgan fingerprint density at radius 3 is 2.08 bits per heavy atom. The monoisotopic (exact) mass is 651 g/mol. The van der Waals surface area contributed by atoms with Crippen LogP contribution in [-0.4, -0.2) is 24.3 Å². The maximum Gasteiger partial charge on any atom is 0.276 e. The highest BCUT2D eigenvalue weighted by Crippen LogP contribution is 2.34. The predicted molar refractivity (Wildman–Crippen MR) is 160 cm³/mol. The molecule has 3 amide bonds. The fraction of sp³-hybridized carbons (Fsp3) is 0.167. The molecule has 0 aliphatic heterocycles. The smallest absolute Gasteiger partial charge is 0.276 e. The number of carbonyl (C=O) groups excluding carboxylic acids is 3. The van der Waals surface area contributed by atoms with Gasteiger partial charge in [0.05, 0.1) is 4.47 Å². The van der Waals surface area contributed by atoms with Crippen molar-refractivity contribution in [1.29, 1.82) is 0 Å². The second-order valence-electron chi connectivity index (χ2n) is 9.89. The van der Waals surface area contributed by atoms with Crippen LogP contribution in [0.4, 0.5) is 5.69 Å². The molecule has 0 saturated heterocycles. The SMILES string of the molecule is CC(C)(C)c1ccc(C(=O)Nc2ccc(C(=O)NNC(=O)COc3ccc4cc(Br)ccc4c3Br)cc2)cc1. The van der Waals surface area contributed by atoms with E-state index in [1.165, 1.54) is 0 Å². The summed E-state index contributed by atoms with van der Waals surface area (Å²) in [4.78, 5) is 37.3. The zero-order valence-corrected chi connectivity index (χ0v) is 24.8. The number of benzene rings is 4. The molecule has 0 unspecified atom stereocenters. The summed E-state index contributed by atoms with van der Waals surface area (Å²) < 4.78 is 7.32. The van der Waals surface area contributed by atoms with Crippen molar-refractivity contribution < 1.29 is 19.1 Å². The molecule has 0 aliphatic rings. The Bertz CT molecular complexity index is 1530. The van der Waals surface area contributed by atoms with Crippen LogP contribution in [0.2, 0.25) is 0 Å². The van der Waals surface area contributed by atoms with Crippen molar-refractivity contribution in [2.75, 3.05) is 11.9 Å². The van der Waals surface area contributed by atoms with Gasteiger partial charge in [-0.15, -0.1) is 0 Å². The number of carbonyl (C=O) groups is 3. The van der Waals surface area contributed by atoms with Crippen molar-refractivity contribution in [2.24, 2.45) is 0 Å². The van der Waals surface area contributed by atoms with Gasteiger partial charge in [0.15, 0.2) is 6.61 Å². The predicted octanol–water partition coefficient (Wildman–Crippen LogP) is 6.75. The number of ether oxygens (including phenoxy) is 1. The van der Waals surface area contributed by atoms with E-state index in [0.717, 1.165) is 25.3 Å². The quantitative estimate of drug-likeness (QED) is 0.201. The van der Waals surface area contributed by atoms with Gasteiger partial charge in [-0.05, 0) is 92.3 Å². The first-order chi connectivity index (χ1) is 18.5. The summed E-state index contributed by atoms with van der Waals surface area (Å²) in [5.41, 5.74) is 7.25. The van der Waals surface area contributed by atoms with Gasteiger partial charge in [0.2, 0.25) is 0 Å². The van der Waals surface area contributed by atoms with Crippen LogP contribution < -0.4 is 20.9 Å². The maximum atomic E-state index is 12.6. The Labute approximate surface area is 243 Å². The lowest BCUT2D eigenvalue weighted by atomic mass is 9.87. The van der Waals surface area contributed by atoms with Crippen molar-refractivity contribution >= 4 is 66.0 Å². The van der Waals surface area contributed by atoms with Gasteiger partial charge in [-0.1, -0.05) is 61.0 Å². The number of halogens is 2. The number of hydrogen-bond donors (Lipinski definition) is 3. The van der Waals surface area contributed by atoms with Crippen molar-refractivity contribution in [3.8, 4) is 5.75 Å². The van der Waals surface area contributed by atoms with Crippen LogP contribution in [0.25, 0.3) is 10.8 Å². The first-order valence-corrected chi connectivity index (χ1v) is 13.7. The summed E-state index contributed by atoms with van der Waals surface area (Å²) in [6, 6.07) is 23.4. The van der Waals surface area contributed by atoms with E-state index in [4.69, 9.17) is 4.74 Å². The highest BCUT2D eigenvalue weighted by atomic mass is 79.9. The van der Waals surface area contributed by atoms with Crippen LogP contribution in [0.5, 0.6) is 5.75 Å². The lowest BCUT2D eigenvalue weighted by Crippen LogP contribution is -2.43. The fourth-order valence-corrected chi connectivity index (χ4v) is 4.75. The summed E-state index contributed by atoms with van der Waals surface area (Å²) in [5, 5.41) is 4.78. The Kier molecular flexibility index (Phi) is 8.72. The summed E-state index contributed by atoms with van der Waals surface area (Å²) in [5.74, 6) is -0.760. The minimum Gasteiger partial charge on any atom is -0.483 e. The van der Waals surface area contributed by atoms with Crippen LogP contribution in [-0.2, 0) is 10.2 Å². The molecule has 4 rings (SSSR count). The Balaban J connectivity index is 1.26. The third-order valence-electron chi connectivity index (χ3n) is 5.97. The molecule has 4 aromatic carbocycles. The van der Waals surface area contributed by atoms with Crippen molar-refractivity contribution in [3.63, 3.8) is 0 Å². The fourth-order valence-electron chi connectivity index (χ4n) is 3.76. The van der Waals surface area contributed by atoms with Gasteiger partial charge in [0.25, 0.3) is 17.7 Å². The number of rotatable bonds is 6. The molecule has 9 heteroatoms. The first-order valence-electron chi connectivity index (χ1n) is 12.1. The molecule has 0 spiro atoms. The Morgan fingerprint density at radius 2 is 1.41 bits per heavy atom. The minimum absolute atomic E-state index is 0.00426. The van der Waals surface area contributed by atoms with Crippen molar-refractivity contribution in [2.45, 2.75) is 26.2 Å². The summed E-state index contributed by atoms with van der Waals surface area (Å²) in [6.07, 6.45) is 0. The van der Waals surface area contributed by atoms with Gasteiger partial charge in [-0.3, -0.25) is 25.2 Å². The molecule has 0 fully saturated rings. The van der Waals surface area contributed by atoms with E-state index in [0.29, 0.717) is 22.6 Å². The van der Waals surface area contributed by atoms with Gasteiger partial charge in [0.1, 0.15) is 5.75 Å². The molecule has 39 heavy (non-hydrogen) atoms. The lowest BCUT2D eigenvalue weighted by Gasteiger charge is -2.19. The highest BCUT2D eigenvalue weighted by Gasteiger charge is 2.15. The van der Waals surface area contributed by atoms with E-state index in [-0.39, 0.29) is 17.9 Å². The number of anilines is 1. The van der Waals surface area contributed by atoms with Gasteiger partial charge in [-0.2, -0.15) is 0 Å². The zero-order chi connectivity index (χ0) is 28.2. The molecule has 0 heterocycles. The number of hydrogen-bond acceptors (Lipinski definition) is 4. The van der Waals surface area contributed by atoms with Crippen LogP contribution in [0.15, 0.2) is 87.8 Å². The van der Waals surface area contributed by atoms with Crippen LogP contribution in [0.3, 0.4) is 0 Å². The molecule has 0 atom stereocenters. The number of hydrazine groups is 1. The average molecular weight is 653 g/mol. The van der Waals surface area contributed by atoms with Gasteiger partial charge in [-0.25, -0.2) is 0 Å². The molecule has 200 valence electrons. The van der Waals surface area contributed by atoms with E-state index >= 15 is 0 Å².